The summed E-state index contributed by atoms with van der Waals surface area (Å²) in [7, 11) is 1.31. The van der Waals surface area contributed by atoms with Gasteiger partial charge >= 0.3 is 5.97 Å². The highest BCUT2D eigenvalue weighted by molar-refractivity contribution is 6.05. The fourth-order valence-corrected chi connectivity index (χ4v) is 2.76. The summed E-state index contributed by atoms with van der Waals surface area (Å²) in [5, 5.41) is 2.75. The van der Waals surface area contributed by atoms with Crippen LogP contribution in [0.4, 0.5) is 11.4 Å². The quantitative estimate of drug-likeness (QED) is 0.870. The molecule has 6 nitrogen and oxygen atoms in total. The van der Waals surface area contributed by atoms with Gasteiger partial charge in [0.2, 0.25) is 5.91 Å². The fourth-order valence-electron chi connectivity index (χ4n) is 2.76. The van der Waals surface area contributed by atoms with E-state index >= 15 is 0 Å². The van der Waals surface area contributed by atoms with Crippen LogP contribution in [-0.2, 0) is 9.53 Å². The lowest BCUT2D eigenvalue weighted by Gasteiger charge is -2.15. The highest BCUT2D eigenvalue weighted by Crippen LogP contribution is 2.22. The van der Waals surface area contributed by atoms with Gasteiger partial charge in [-0.1, -0.05) is 6.07 Å². The number of hydrogen-bond donors (Lipinski definition) is 1. The van der Waals surface area contributed by atoms with E-state index in [0.717, 1.165) is 12.1 Å². The molecule has 3 rings (SSSR count). The summed E-state index contributed by atoms with van der Waals surface area (Å²) in [6.07, 6.45) is 1.43. The second-order valence-corrected chi connectivity index (χ2v) is 5.72. The first-order valence-corrected chi connectivity index (χ1v) is 7.98. The van der Waals surface area contributed by atoms with Crippen molar-refractivity contribution in [2.45, 2.75) is 12.8 Å². The van der Waals surface area contributed by atoms with Crippen molar-refractivity contribution in [1.29, 1.82) is 0 Å². The first kappa shape index (κ1) is 16.7. The van der Waals surface area contributed by atoms with Gasteiger partial charge in [-0.05, 0) is 48.9 Å². The number of nitrogens with zero attached hydrogens (tertiary/aromatic N) is 1. The summed E-state index contributed by atoms with van der Waals surface area (Å²) in [4.78, 5) is 37.4. The van der Waals surface area contributed by atoms with Crippen molar-refractivity contribution >= 4 is 29.2 Å². The third-order valence-corrected chi connectivity index (χ3v) is 4.06. The van der Waals surface area contributed by atoms with Gasteiger partial charge in [0.1, 0.15) is 0 Å². The molecular weight excluding hydrogens is 320 g/mol. The van der Waals surface area contributed by atoms with Crippen molar-refractivity contribution in [2.24, 2.45) is 0 Å². The van der Waals surface area contributed by atoms with Crippen LogP contribution in [0, 0.1) is 0 Å². The van der Waals surface area contributed by atoms with Crippen LogP contribution in [0.15, 0.2) is 48.5 Å². The van der Waals surface area contributed by atoms with Crippen molar-refractivity contribution in [2.75, 3.05) is 23.9 Å². The lowest BCUT2D eigenvalue weighted by atomic mass is 10.1. The molecule has 0 aromatic heterocycles. The number of anilines is 2. The molecule has 0 spiro atoms. The molecule has 1 heterocycles. The molecular formula is C19H18N2O4. The minimum Gasteiger partial charge on any atom is -0.465 e. The van der Waals surface area contributed by atoms with Gasteiger partial charge in [-0.15, -0.1) is 0 Å². The average molecular weight is 338 g/mol. The third kappa shape index (κ3) is 3.68. The molecule has 1 aliphatic heterocycles. The summed E-state index contributed by atoms with van der Waals surface area (Å²) in [6.45, 7) is 0.713. The van der Waals surface area contributed by atoms with Crippen LogP contribution in [0.2, 0.25) is 0 Å². The van der Waals surface area contributed by atoms with Crippen LogP contribution in [0.5, 0.6) is 0 Å². The van der Waals surface area contributed by atoms with E-state index in [2.05, 4.69) is 10.1 Å². The molecule has 0 bridgehead atoms. The number of hydrogen-bond acceptors (Lipinski definition) is 4. The maximum Gasteiger partial charge on any atom is 0.337 e. The number of ether oxygens (including phenoxy) is 1. The molecule has 1 saturated heterocycles. The molecule has 2 amide bonds. The van der Waals surface area contributed by atoms with Crippen LogP contribution in [0.25, 0.3) is 0 Å². The highest BCUT2D eigenvalue weighted by atomic mass is 16.5. The van der Waals surface area contributed by atoms with Crippen LogP contribution < -0.4 is 10.2 Å². The number of esters is 1. The second kappa shape index (κ2) is 7.17. The van der Waals surface area contributed by atoms with E-state index in [0.29, 0.717) is 29.8 Å². The Bertz CT molecular complexity index is 814. The Morgan fingerprint density at radius 1 is 1.08 bits per heavy atom. The Kier molecular flexibility index (Phi) is 4.79. The van der Waals surface area contributed by atoms with Crippen molar-refractivity contribution < 1.29 is 19.1 Å². The smallest absolute Gasteiger partial charge is 0.337 e. The van der Waals surface area contributed by atoms with Gasteiger partial charge in [-0.25, -0.2) is 4.79 Å². The minimum atomic E-state index is -0.462. The van der Waals surface area contributed by atoms with Crippen molar-refractivity contribution in [3.05, 3.63) is 59.7 Å². The Hall–Kier alpha value is -3.15. The predicted octanol–water partition coefficient (Wildman–Crippen LogP) is 2.85. The predicted molar refractivity (Wildman–Crippen MR) is 93.8 cm³/mol. The summed E-state index contributed by atoms with van der Waals surface area (Å²) in [6, 6.07) is 13.4. The van der Waals surface area contributed by atoms with E-state index in [4.69, 9.17) is 0 Å². The molecule has 25 heavy (non-hydrogen) atoms. The zero-order valence-corrected chi connectivity index (χ0v) is 13.8. The normalized spacial score (nSPS) is 13.6. The maximum atomic E-state index is 12.4. The van der Waals surface area contributed by atoms with E-state index in [9.17, 15) is 14.4 Å². The topological polar surface area (TPSA) is 75.7 Å². The van der Waals surface area contributed by atoms with Crippen LogP contribution >= 0.6 is 0 Å². The highest BCUT2D eigenvalue weighted by Gasteiger charge is 2.21. The zero-order valence-electron chi connectivity index (χ0n) is 13.8. The number of methoxy groups -OCH3 is 1. The Balaban J connectivity index is 1.71. The van der Waals surface area contributed by atoms with Crippen molar-refractivity contribution in [1.82, 2.24) is 0 Å². The van der Waals surface area contributed by atoms with Gasteiger partial charge in [-0.3, -0.25) is 9.59 Å². The van der Waals surface area contributed by atoms with Gasteiger partial charge in [0, 0.05) is 29.9 Å². The molecule has 1 N–H and O–H groups in total. The van der Waals surface area contributed by atoms with E-state index in [1.807, 2.05) is 0 Å². The van der Waals surface area contributed by atoms with Crippen LogP contribution in [0.1, 0.15) is 33.6 Å². The van der Waals surface area contributed by atoms with E-state index in [1.54, 1.807) is 53.4 Å². The van der Waals surface area contributed by atoms with Crippen molar-refractivity contribution in [3.8, 4) is 0 Å². The summed E-state index contributed by atoms with van der Waals surface area (Å²) < 4.78 is 4.67. The van der Waals surface area contributed by atoms with E-state index < -0.39 is 5.97 Å². The number of amides is 2. The number of carbonyl (C=O) groups is 3. The Labute approximate surface area is 145 Å². The summed E-state index contributed by atoms with van der Waals surface area (Å²) >= 11 is 0. The van der Waals surface area contributed by atoms with E-state index in [1.165, 1.54) is 7.11 Å². The molecule has 0 radical (unpaired) electrons. The number of benzene rings is 2. The molecule has 2 aromatic rings. The number of carbonyl (C=O) groups excluding carboxylic acids is 3. The average Bonchev–Trinajstić information content (AvgIpc) is 3.07. The largest absolute Gasteiger partial charge is 0.465 e. The third-order valence-electron chi connectivity index (χ3n) is 4.06. The lowest BCUT2D eigenvalue weighted by Crippen LogP contribution is -2.23. The zero-order chi connectivity index (χ0) is 17.8. The SMILES string of the molecule is COC(=O)c1cccc(NC(=O)c2ccc(N3CCCC3=O)cc2)c1. The second-order valence-electron chi connectivity index (χ2n) is 5.72. The van der Waals surface area contributed by atoms with Gasteiger partial charge in [0.25, 0.3) is 5.91 Å². The van der Waals surface area contributed by atoms with Gasteiger partial charge < -0.3 is 15.0 Å². The molecule has 2 aromatic carbocycles. The minimum absolute atomic E-state index is 0.108. The summed E-state index contributed by atoms with van der Waals surface area (Å²) in [5.41, 5.74) is 2.14. The van der Waals surface area contributed by atoms with Crippen molar-refractivity contribution in [3.63, 3.8) is 0 Å². The maximum absolute atomic E-state index is 12.4. The molecule has 0 aliphatic carbocycles. The number of rotatable bonds is 4. The standard InChI is InChI=1S/C19H18N2O4/c1-25-19(24)14-4-2-5-15(12-14)20-18(23)13-7-9-16(10-8-13)21-11-3-6-17(21)22/h2,4-5,7-10,12H,3,6,11H2,1H3,(H,20,23). The first-order chi connectivity index (χ1) is 12.1. The van der Waals surface area contributed by atoms with Gasteiger partial charge in [0.05, 0.1) is 12.7 Å². The fraction of sp³-hybridized carbons (Fsp3) is 0.211. The summed E-state index contributed by atoms with van der Waals surface area (Å²) in [5.74, 6) is -0.645. The first-order valence-electron chi connectivity index (χ1n) is 7.98. The molecule has 1 aliphatic rings. The Morgan fingerprint density at radius 2 is 1.84 bits per heavy atom. The van der Waals surface area contributed by atoms with Gasteiger partial charge in [-0.2, -0.15) is 0 Å². The molecule has 6 heteroatoms. The molecule has 0 saturated carbocycles. The number of nitrogens with one attached hydrogen (secondary N) is 1. The van der Waals surface area contributed by atoms with Crippen LogP contribution in [0.3, 0.4) is 0 Å². The lowest BCUT2D eigenvalue weighted by molar-refractivity contribution is -0.117. The molecule has 1 fully saturated rings. The molecule has 128 valence electrons. The van der Waals surface area contributed by atoms with Crippen LogP contribution in [-0.4, -0.2) is 31.4 Å². The molecule has 0 atom stereocenters. The van der Waals surface area contributed by atoms with Gasteiger partial charge in [0.15, 0.2) is 0 Å². The monoisotopic (exact) mass is 338 g/mol. The Morgan fingerprint density at radius 3 is 2.48 bits per heavy atom. The molecule has 0 unspecified atom stereocenters. The van der Waals surface area contributed by atoms with E-state index in [-0.39, 0.29) is 11.8 Å².